The van der Waals surface area contributed by atoms with E-state index in [1.165, 1.54) is 0 Å². The van der Waals surface area contributed by atoms with Crippen LogP contribution < -0.4 is 15.1 Å². The molecule has 1 aliphatic rings. The van der Waals surface area contributed by atoms with Crippen LogP contribution in [0.2, 0.25) is 0 Å². The SMILES string of the molecule is CC(C)N1c2cc(Nc3nccc(-c4cccc5ncccc45)n3)ccc2N(C)C(=O)C1C. The van der Waals surface area contributed by atoms with E-state index in [0.717, 1.165) is 39.2 Å². The first-order valence-corrected chi connectivity index (χ1v) is 11.1. The fourth-order valence-corrected chi connectivity index (χ4v) is 4.57. The highest BCUT2D eigenvalue weighted by molar-refractivity contribution is 6.05. The lowest BCUT2D eigenvalue weighted by Crippen LogP contribution is -2.53. The average molecular weight is 439 g/mol. The summed E-state index contributed by atoms with van der Waals surface area (Å²) < 4.78 is 0. The molecule has 33 heavy (non-hydrogen) atoms. The van der Waals surface area contributed by atoms with Gasteiger partial charge in [-0.2, -0.15) is 0 Å². The Morgan fingerprint density at radius 3 is 2.64 bits per heavy atom. The lowest BCUT2D eigenvalue weighted by atomic mass is 10.0. The fourth-order valence-electron chi connectivity index (χ4n) is 4.57. The van der Waals surface area contributed by atoms with Crippen molar-refractivity contribution in [2.75, 3.05) is 22.2 Å². The Labute approximate surface area is 193 Å². The van der Waals surface area contributed by atoms with Crippen molar-refractivity contribution in [3.05, 3.63) is 67.0 Å². The van der Waals surface area contributed by atoms with E-state index >= 15 is 0 Å². The summed E-state index contributed by atoms with van der Waals surface area (Å²) in [6, 6.07) is 17.9. The number of hydrogen-bond acceptors (Lipinski definition) is 6. The number of likely N-dealkylation sites (N-methyl/N-ethyl adjacent to an activating group) is 1. The zero-order valence-electron chi connectivity index (χ0n) is 19.1. The van der Waals surface area contributed by atoms with Crippen LogP contribution in [0, 0.1) is 0 Å². The molecule has 5 rings (SSSR count). The van der Waals surface area contributed by atoms with Gasteiger partial charge in [0.2, 0.25) is 11.9 Å². The third-order valence-electron chi connectivity index (χ3n) is 6.11. The fraction of sp³-hybridized carbons (Fsp3) is 0.231. The van der Waals surface area contributed by atoms with Crippen LogP contribution in [0.25, 0.3) is 22.2 Å². The van der Waals surface area contributed by atoms with Crippen molar-refractivity contribution in [2.45, 2.75) is 32.9 Å². The summed E-state index contributed by atoms with van der Waals surface area (Å²) in [5.41, 5.74) is 5.55. The third kappa shape index (κ3) is 3.65. The molecule has 3 heterocycles. The van der Waals surface area contributed by atoms with Gasteiger partial charge in [0.1, 0.15) is 6.04 Å². The van der Waals surface area contributed by atoms with Crippen LogP contribution in [0.4, 0.5) is 23.0 Å². The van der Waals surface area contributed by atoms with Crippen molar-refractivity contribution < 1.29 is 4.79 Å². The largest absolute Gasteiger partial charge is 0.356 e. The maximum atomic E-state index is 12.7. The van der Waals surface area contributed by atoms with Crippen LogP contribution in [-0.4, -0.2) is 40.0 Å². The summed E-state index contributed by atoms with van der Waals surface area (Å²) in [6.45, 7) is 6.16. The van der Waals surface area contributed by atoms with Gasteiger partial charge in [-0.1, -0.05) is 18.2 Å². The van der Waals surface area contributed by atoms with Gasteiger partial charge in [-0.25, -0.2) is 9.97 Å². The second kappa shape index (κ2) is 8.16. The molecule has 0 saturated carbocycles. The van der Waals surface area contributed by atoms with Gasteiger partial charge in [0.05, 0.1) is 22.6 Å². The smallest absolute Gasteiger partial charge is 0.249 e. The molecule has 7 nitrogen and oxygen atoms in total. The molecule has 0 saturated heterocycles. The summed E-state index contributed by atoms with van der Waals surface area (Å²) in [6.07, 6.45) is 3.55. The summed E-state index contributed by atoms with van der Waals surface area (Å²) >= 11 is 0. The van der Waals surface area contributed by atoms with Crippen molar-refractivity contribution in [3.8, 4) is 11.3 Å². The summed E-state index contributed by atoms with van der Waals surface area (Å²) in [7, 11) is 1.83. The predicted molar refractivity (Wildman–Crippen MR) is 133 cm³/mol. The normalized spacial score (nSPS) is 15.8. The number of anilines is 4. The van der Waals surface area contributed by atoms with E-state index in [1.54, 1.807) is 17.3 Å². The first kappa shape index (κ1) is 20.9. The zero-order chi connectivity index (χ0) is 23.1. The molecule has 1 aliphatic heterocycles. The molecule has 0 fully saturated rings. The first-order valence-electron chi connectivity index (χ1n) is 11.1. The zero-order valence-corrected chi connectivity index (χ0v) is 19.1. The highest BCUT2D eigenvalue weighted by atomic mass is 16.2. The number of pyridine rings is 1. The monoisotopic (exact) mass is 438 g/mol. The number of nitrogens with one attached hydrogen (secondary N) is 1. The minimum absolute atomic E-state index is 0.0949. The summed E-state index contributed by atoms with van der Waals surface area (Å²) in [5, 5.41) is 4.39. The van der Waals surface area contributed by atoms with E-state index in [2.05, 4.69) is 46.2 Å². The molecule has 1 amide bonds. The van der Waals surface area contributed by atoms with Crippen LogP contribution in [-0.2, 0) is 4.79 Å². The molecule has 0 bridgehead atoms. The molecule has 2 aromatic carbocycles. The first-order chi connectivity index (χ1) is 15.9. The van der Waals surface area contributed by atoms with E-state index in [9.17, 15) is 4.79 Å². The van der Waals surface area contributed by atoms with E-state index in [1.807, 2.05) is 56.4 Å². The Kier molecular flexibility index (Phi) is 5.17. The number of aromatic nitrogens is 3. The van der Waals surface area contributed by atoms with Crippen molar-refractivity contribution >= 4 is 39.8 Å². The van der Waals surface area contributed by atoms with Gasteiger partial charge in [-0.15, -0.1) is 0 Å². The number of fused-ring (bicyclic) bond motifs is 2. The van der Waals surface area contributed by atoms with Gasteiger partial charge in [-0.05, 0) is 57.2 Å². The summed E-state index contributed by atoms with van der Waals surface area (Å²) in [5.74, 6) is 0.607. The highest BCUT2D eigenvalue weighted by Gasteiger charge is 2.34. The molecular formula is C26H26N6O. The molecular weight excluding hydrogens is 412 g/mol. The molecule has 4 aromatic rings. The second-order valence-corrected chi connectivity index (χ2v) is 8.54. The molecule has 0 spiro atoms. The Morgan fingerprint density at radius 1 is 0.970 bits per heavy atom. The van der Waals surface area contributed by atoms with Gasteiger partial charge >= 0.3 is 0 Å². The highest BCUT2D eigenvalue weighted by Crippen LogP contribution is 2.39. The molecule has 1 N–H and O–H groups in total. The quantitative estimate of drug-likeness (QED) is 0.483. The molecule has 166 valence electrons. The summed E-state index contributed by atoms with van der Waals surface area (Å²) in [4.78, 5) is 30.2. The number of carbonyl (C=O) groups is 1. The van der Waals surface area contributed by atoms with Crippen LogP contribution in [0.15, 0.2) is 67.0 Å². The van der Waals surface area contributed by atoms with Crippen LogP contribution in [0.5, 0.6) is 0 Å². The second-order valence-electron chi connectivity index (χ2n) is 8.54. The third-order valence-corrected chi connectivity index (χ3v) is 6.11. The maximum absolute atomic E-state index is 12.7. The van der Waals surface area contributed by atoms with Gasteiger partial charge in [0, 0.05) is 42.1 Å². The van der Waals surface area contributed by atoms with Crippen molar-refractivity contribution in [2.24, 2.45) is 0 Å². The van der Waals surface area contributed by atoms with Gasteiger partial charge in [0.25, 0.3) is 0 Å². The lowest BCUT2D eigenvalue weighted by Gasteiger charge is -2.42. The average Bonchev–Trinajstić information content (AvgIpc) is 2.82. The van der Waals surface area contributed by atoms with E-state index < -0.39 is 0 Å². The van der Waals surface area contributed by atoms with Gasteiger partial charge < -0.3 is 15.1 Å². The number of rotatable bonds is 4. The van der Waals surface area contributed by atoms with E-state index in [-0.39, 0.29) is 18.0 Å². The van der Waals surface area contributed by atoms with Crippen molar-refractivity contribution in [1.82, 2.24) is 15.0 Å². The minimum Gasteiger partial charge on any atom is -0.356 e. The topological polar surface area (TPSA) is 74.2 Å². The standard InChI is InChI=1S/C26H26N6O/c1-16(2)32-17(3)25(33)31(4)23-11-10-18(15-24(23)32)29-26-28-14-12-22(30-26)20-7-5-9-21-19(20)8-6-13-27-21/h5-17H,1-4H3,(H,28,29,30). The van der Waals surface area contributed by atoms with Crippen LogP contribution in [0.3, 0.4) is 0 Å². The Morgan fingerprint density at radius 2 is 1.82 bits per heavy atom. The van der Waals surface area contributed by atoms with Gasteiger partial charge in [0.15, 0.2) is 0 Å². The number of carbonyl (C=O) groups excluding carboxylic acids is 1. The maximum Gasteiger partial charge on any atom is 0.249 e. The number of hydrogen-bond donors (Lipinski definition) is 1. The predicted octanol–water partition coefficient (Wildman–Crippen LogP) is 5.02. The molecule has 1 atom stereocenters. The lowest BCUT2D eigenvalue weighted by molar-refractivity contribution is -0.119. The van der Waals surface area contributed by atoms with Crippen LogP contribution >= 0.6 is 0 Å². The number of nitrogens with zero attached hydrogens (tertiary/aromatic N) is 5. The molecule has 0 aliphatic carbocycles. The molecule has 1 unspecified atom stereocenters. The Balaban J connectivity index is 1.51. The number of amides is 1. The minimum atomic E-state index is -0.225. The van der Waals surface area contributed by atoms with Crippen LogP contribution in [0.1, 0.15) is 20.8 Å². The van der Waals surface area contributed by atoms with Gasteiger partial charge in [-0.3, -0.25) is 9.78 Å². The van der Waals surface area contributed by atoms with Crippen molar-refractivity contribution in [1.29, 1.82) is 0 Å². The number of benzene rings is 2. The Hall–Kier alpha value is -4.00. The Bertz CT molecular complexity index is 1350. The molecule has 2 aromatic heterocycles. The molecule has 7 heteroatoms. The van der Waals surface area contributed by atoms with E-state index in [0.29, 0.717) is 5.95 Å². The van der Waals surface area contributed by atoms with E-state index in [4.69, 9.17) is 4.98 Å². The molecule has 0 radical (unpaired) electrons. The van der Waals surface area contributed by atoms with Crippen molar-refractivity contribution in [3.63, 3.8) is 0 Å².